The summed E-state index contributed by atoms with van der Waals surface area (Å²) in [6.07, 6.45) is 3.37. The average Bonchev–Trinajstić information content (AvgIpc) is 2.53. The second-order valence-corrected chi connectivity index (χ2v) is 6.41. The summed E-state index contributed by atoms with van der Waals surface area (Å²) in [5.41, 5.74) is 1.09. The molecule has 24 heavy (non-hydrogen) atoms. The number of unbranched alkanes of at least 4 members (excludes halogenated alkanes) is 1. The van der Waals surface area contributed by atoms with Gasteiger partial charge < -0.3 is 19.5 Å². The van der Waals surface area contributed by atoms with Crippen LogP contribution in [-0.2, 0) is 11.3 Å². The van der Waals surface area contributed by atoms with Crippen molar-refractivity contribution in [2.75, 3.05) is 26.4 Å². The molecule has 1 aromatic rings. The zero-order chi connectivity index (χ0) is 17.8. The highest BCUT2D eigenvalue weighted by molar-refractivity contribution is 6.32. The van der Waals surface area contributed by atoms with Gasteiger partial charge in [-0.05, 0) is 57.9 Å². The molecule has 138 valence electrons. The van der Waals surface area contributed by atoms with Crippen molar-refractivity contribution in [1.29, 1.82) is 0 Å². The van der Waals surface area contributed by atoms with E-state index in [1.54, 1.807) is 0 Å². The van der Waals surface area contributed by atoms with Crippen LogP contribution in [0.15, 0.2) is 12.1 Å². The maximum Gasteiger partial charge on any atom is 0.180 e. The lowest BCUT2D eigenvalue weighted by Gasteiger charge is -2.17. The molecule has 0 amide bonds. The minimum Gasteiger partial charge on any atom is -0.490 e. The van der Waals surface area contributed by atoms with E-state index in [0.717, 1.165) is 44.7 Å². The van der Waals surface area contributed by atoms with Crippen molar-refractivity contribution < 1.29 is 14.2 Å². The summed E-state index contributed by atoms with van der Waals surface area (Å²) < 4.78 is 17.0. The molecule has 0 aliphatic carbocycles. The second kappa shape index (κ2) is 12.4. The number of rotatable bonds is 13. The second-order valence-electron chi connectivity index (χ2n) is 6.00. The highest BCUT2D eigenvalue weighted by Gasteiger charge is 2.13. The minimum atomic E-state index is 0.0541. The first-order valence-electron chi connectivity index (χ1n) is 8.98. The van der Waals surface area contributed by atoms with Gasteiger partial charge in [-0.25, -0.2) is 0 Å². The standard InChI is InChI=1S/C19H32ClNO3/c1-5-7-10-22-11-8-9-21-14-16-12-17(20)19(24-15(3)4)18(13-16)23-6-2/h12-13,15,21H,5-11,14H2,1-4H3. The van der Waals surface area contributed by atoms with Gasteiger partial charge >= 0.3 is 0 Å². The predicted octanol–water partition coefficient (Wildman–Crippen LogP) is 4.82. The Hall–Kier alpha value is -0.970. The molecule has 0 bridgehead atoms. The van der Waals surface area contributed by atoms with E-state index in [2.05, 4.69) is 12.2 Å². The van der Waals surface area contributed by atoms with Crippen LogP contribution in [0.5, 0.6) is 11.5 Å². The van der Waals surface area contributed by atoms with Gasteiger partial charge in [0.15, 0.2) is 11.5 Å². The first kappa shape index (κ1) is 21.1. The zero-order valence-corrected chi connectivity index (χ0v) is 16.2. The number of halogens is 1. The van der Waals surface area contributed by atoms with Crippen molar-refractivity contribution in [2.45, 2.75) is 59.6 Å². The van der Waals surface area contributed by atoms with Crippen molar-refractivity contribution in [3.05, 3.63) is 22.7 Å². The van der Waals surface area contributed by atoms with E-state index in [1.165, 1.54) is 6.42 Å². The van der Waals surface area contributed by atoms with Crippen LogP contribution >= 0.6 is 11.6 Å². The van der Waals surface area contributed by atoms with Crippen LogP contribution in [-0.4, -0.2) is 32.5 Å². The molecule has 0 saturated heterocycles. The van der Waals surface area contributed by atoms with Gasteiger partial charge in [-0.1, -0.05) is 24.9 Å². The summed E-state index contributed by atoms with van der Waals surface area (Å²) in [4.78, 5) is 0. The first-order chi connectivity index (χ1) is 11.6. The Morgan fingerprint density at radius 1 is 1.12 bits per heavy atom. The van der Waals surface area contributed by atoms with Gasteiger partial charge in [-0.2, -0.15) is 0 Å². The van der Waals surface area contributed by atoms with E-state index in [9.17, 15) is 0 Å². The van der Waals surface area contributed by atoms with E-state index in [0.29, 0.717) is 23.1 Å². The maximum absolute atomic E-state index is 6.37. The first-order valence-corrected chi connectivity index (χ1v) is 9.36. The predicted molar refractivity (Wildman–Crippen MR) is 100 cm³/mol. The third kappa shape index (κ3) is 8.22. The van der Waals surface area contributed by atoms with Crippen LogP contribution in [0.3, 0.4) is 0 Å². The summed E-state index contributed by atoms with van der Waals surface area (Å²) in [6.45, 7) is 12.0. The molecule has 0 spiro atoms. The lowest BCUT2D eigenvalue weighted by Crippen LogP contribution is -2.17. The Morgan fingerprint density at radius 3 is 2.54 bits per heavy atom. The van der Waals surface area contributed by atoms with Crippen molar-refractivity contribution in [3.8, 4) is 11.5 Å². The SMILES string of the molecule is CCCCOCCCNCc1cc(Cl)c(OC(C)C)c(OCC)c1. The van der Waals surface area contributed by atoms with Gasteiger partial charge in [-0.3, -0.25) is 0 Å². The van der Waals surface area contributed by atoms with Crippen LogP contribution < -0.4 is 14.8 Å². The number of hydrogen-bond donors (Lipinski definition) is 1. The Bertz CT molecular complexity index is 466. The molecule has 0 fully saturated rings. The molecule has 0 radical (unpaired) electrons. The van der Waals surface area contributed by atoms with Gasteiger partial charge in [0.25, 0.3) is 0 Å². The van der Waals surface area contributed by atoms with Crippen LogP contribution in [0, 0.1) is 0 Å². The van der Waals surface area contributed by atoms with E-state index in [-0.39, 0.29) is 6.10 Å². The largest absolute Gasteiger partial charge is 0.490 e. The van der Waals surface area contributed by atoms with Gasteiger partial charge in [0, 0.05) is 19.8 Å². The maximum atomic E-state index is 6.37. The Kier molecular flexibility index (Phi) is 10.9. The molecular weight excluding hydrogens is 326 g/mol. The summed E-state index contributed by atoms with van der Waals surface area (Å²) in [6, 6.07) is 3.93. The monoisotopic (exact) mass is 357 g/mol. The molecule has 0 heterocycles. The lowest BCUT2D eigenvalue weighted by atomic mass is 10.2. The molecule has 5 heteroatoms. The van der Waals surface area contributed by atoms with E-state index < -0.39 is 0 Å². The normalized spacial score (nSPS) is 11.1. The van der Waals surface area contributed by atoms with E-state index >= 15 is 0 Å². The lowest BCUT2D eigenvalue weighted by molar-refractivity contribution is 0.129. The fourth-order valence-corrected chi connectivity index (χ4v) is 2.49. The van der Waals surface area contributed by atoms with E-state index in [4.69, 9.17) is 25.8 Å². The van der Waals surface area contributed by atoms with Gasteiger partial charge in [0.2, 0.25) is 0 Å². The molecule has 4 nitrogen and oxygen atoms in total. The average molecular weight is 358 g/mol. The smallest absolute Gasteiger partial charge is 0.180 e. The van der Waals surface area contributed by atoms with Crippen LogP contribution in [0.1, 0.15) is 52.5 Å². The summed E-state index contributed by atoms with van der Waals surface area (Å²) >= 11 is 6.37. The molecular formula is C19H32ClNO3. The summed E-state index contributed by atoms with van der Waals surface area (Å²) in [5, 5.41) is 4.01. The number of ether oxygens (including phenoxy) is 3. The quantitative estimate of drug-likeness (QED) is 0.513. The molecule has 0 saturated carbocycles. The number of nitrogens with one attached hydrogen (secondary N) is 1. The van der Waals surface area contributed by atoms with Crippen molar-refractivity contribution in [3.63, 3.8) is 0 Å². The highest BCUT2D eigenvalue weighted by Crippen LogP contribution is 2.37. The zero-order valence-electron chi connectivity index (χ0n) is 15.5. The third-order valence-electron chi connectivity index (χ3n) is 3.34. The molecule has 1 N–H and O–H groups in total. The molecule has 1 rings (SSSR count). The Balaban J connectivity index is 2.47. The van der Waals surface area contributed by atoms with Crippen LogP contribution in [0.25, 0.3) is 0 Å². The Morgan fingerprint density at radius 2 is 1.88 bits per heavy atom. The summed E-state index contributed by atoms with van der Waals surface area (Å²) in [7, 11) is 0. The highest BCUT2D eigenvalue weighted by atomic mass is 35.5. The molecule has 0 unspecified atom stereocenters. The topological polar surface area (TPSA) is 39.7 Å². The minimum absolute atomic E-state index is 0.0541. The van der Waals surface area contributed by atoms with Crippen molar-refractivity contribution >= 4 is 11.6 Å². The van der Waals surface area contributed by atoms with Gasteiger partial charge in [0.05, 0.1) is 17.7 Å². The van der Waals surface area contributed by atoms with Crippen molar-refractivity contribution in [1.82, 2.24) is 5.32 Å². The molecule has 0 aliphatic rings. The molecule has 0 aromatic heterocycles. The van der Waals surface area contributed by atoms with E-state index in [1.807, 2.05) is 32.9 Å². The van der Waals surface area contributed by atoms with Gasteiger partial charge in [0.1, 0.15) is 0 Å². The van der Waals surface area contributed by atoms with Crippen LogP contribution in [0.2, 0.25) is 5.02 Å². The fraction of sp³-hybridized carbons (Fsp3) is 0.684. The molecule has 1 aromatic carbocycles. The molecule has 0 aliphatic heterocycles. The Labute approximate surface area is 151 Å². The van der Waals surface area contributed by atoms with Crippen LogP contribution in [0.4, 0.5) is 0 Å². The van der Waals surface area contributed by atoms with Gasteiger partial charge in [-0.15, -0.1) is 0 Å². The number of hydrogen-bond acceptors (Lipinski definition) is 4. The fourth-order valence-electron chi connectivity index (χ4n) is 2.22. The van der Waals surface area contributed by atoms with Crippen molar-refractivity contribution in [2.24, 2.45) is 0 Å². The summed E-state index contributed by atoms with van der Waals surface area (Å²) in [5.74, 6) is 1.33. The number of benzene rings is 1. The molecule has 0 atom stereocenters. The third-order valence-corrected chi connectivity index (χ3v) is 3.62.